The van der Waals surface area contributed by atoms with Gasteiger partial charge in [0.2, 0.25) is 0 Å². The van der Waals surface area contributed by atoms with Crippen molar-refractivity contribution in [2.45, 2.75) is 19.8 Å². The van der Waals surface area contributed by atoms with Gasteiger partial charge in [-0.15, -0.1) is 0 Å². The van der Waals surface area contributed by atoms with E-state index >= 15 is 0 Å². The van der Waals surface area contributed by atoms with Crippen LogP contribution in [0, 0.1) is 12.3 Å². The normalized spacial score (nSPS) is 12.4. The highest BCUT2D eigenvalue weighted by Gasteiger charge is 2.16. The van der Waals surface area contributed by atoms with Crippen molar-refractivity contribution in [3.05, 3.63) is 42.3 Å². The standard InChI is InChI=1S/C12H15O2/c1-2-6-11(12(13)14)9-10-7-4-3-5-8-10/h2-5,7-8,11H,6,9H2,1H3,(H,13,14). The Morgan fingerprint density at radius 3 is 2.57 bits per heavy atom. The van der Waals surface area contributed by atoms with E-state index in [0.29, 0.717) is 12.8 Å². The highest BCUT2D eigenvalue weighted by Crippen LogP contribution is 2.13. The first-order valence-electron chi connectivity index (χ1n) is 4.78. The summed E-state index contributed by atoms with van der Waals surface area (Å²) in [6.45, 7) is 1.89. The van der Waals surface area contributed by atoms with Gasteiger partial charge in [0, 0.05) is 0 Å². The van der Waals surface area contributed by atoms with Crippen LogP contribution in [0.2, 0.25) is 0 Å². The van der Waals surface area contributed by atoms with Gasteiger partial charge < -0.3 is 5.11 Å². The lowest BCUT2D eigenvalue weighted by molar-refractivity contribution is -0.141. The van der Waals surface area contributed by atoms with Crippen LogP contribution >= 0.6 is 0 Å². The molecule has 1 aromatic carbocycles. The third-order valence-electron chi connectivity index (χ3n) is 2.19. The van der Waals surface area contributed by atoms with E-state index in [1.165, 1.54) is 0 Å². The maximum atomic E-state index is 10.9. The molecule has 1 radical (unpaired) electrons. The van der Waals surface area contributed by atoms with Gasteiger partial charge in [0.25, 0.3) is 0 Å². The van der Waals surface area contributed by atoms with Gasteiger partial charge in [-0.25, -0.2) is 0 Å². The fourth-order valence-electron chi connectivity index (χ4n) is 1.45. The highest BCUT2D eigenvalue weighted by atomic mass is 16.4. The van der Waals surface area contributed by atoms with Gasteiger partial charge in [-0.05, 0) is 24.8 Å². The Bertz CT molecular complexity index is 280. The Hall–Kier alpha value is -1.31. The molecule has 14 heavy (non-hydrogen) atoms. The molecule has 1 N–H and O–H groups in total. The van der Waals surface area contributed by atoms with Crippen molar-refractivity contribution in [2.24, 2.45) is 5.92 Å². The SMILES string of the molecule is C[CH]CC(Cc1ccccc1)C(=O)O. The minimum atomic E-state index is -0.716. The lowest BCUT2D eigenvalue weighted by atomic mass is 9.95. The molecule has 2 nitrogen and oxygen atoms in total. The third kappa shape index (κ3) is 3.21. The molecule has 0 saturated carbocycles. The van der Waals surface area contributed by atoms with Gasteiger partial charge in [0.15, 0.2) is 0 Å². The lowest BCUT2D eigenvalue weighted by Gasteiger charge is -2.10. The zero-order valence-corrected chi connectivity index (χ0v) is 8.31. The number of benzene rings is 1. The fraction of sp³-hybridized carbons (Fsp3) is 0.333. The predicted molar refractivity (Wildman–Crippen MR) is 55.9 cm³/mol. The summed E-state index contributed by atoms with van der Waals surface area (Å²) >= 11 is 0. The number of carboxylic acid groups (broad SMARTS) is 1. The number of carboxylic acids is 1. The minimum Gasteiger partial charge on any atom is -0.481 e. The summed E-state index contributed by atoms with van der Waals surface area (Å²) in [4.78, 5) is 10.9. The maximum absolute atomic E-state index is 10.9. The van der Waals surface area contributed by atoms with Crippen molar-refractivity contribution < 1.29 is 9.90 Å². The first-order chi connectivity index (χ1) is 6.74. The molecule has 0 aliphatic carbocycles. The average Bonchev–Trinajstić information content (AvgIpc) is 2.18. The zero-order valence-electron chi connectivity index (χ0n) is 8.31. The van der Waals surface area contributed by atoms with Crippen molar-refractivity contribution in [1.29, 1.82) is 0 Å². The second-order valence-corrected chi connectivity index (χ2v) is 3.37. The first kappa shape index (κ1) is 10.8. The largest absolute Gasteiger partial charge is 0.481 e. The Kier molecular flexibility index (Phi) is 4.17. The Balaban J connectivity index is 2.60. The molecule has 0 amide bonds. The van der Waals surface area contributed by atoms with Crippen molar-refractivity contribution in [3.8, 4) is 0 Å². The lowest BCUT2D eigenvalue weighted by Crippen LogP contribution is -2.16. The summed E-state index contributed by atoms with van der Waals surface area (Å²) in [5.74, 6) is -1.01. The van der Waals surface area contributed by atoms with E-state index in [-0.39, 0.29) is 5.92 Å². The van der Waals surface area contributed by atoms with Gasteiger partial charge in [-0.2, -0.15) is 0 Å². The van der Waals surface area contributed by atoms with Gasteiger partial charge in [0.1, 0.15) is 0 Å². The topological polar surface area (TPSA) is 37.3 Å². The molecule has 0 heterocycles. The van der Waals surface area contributed by atoms with Crippen LogP contribution in [0.25, 0.3) is 0 Å². The Labute approximate surface area is 84.6 Å². The summed E-state index contributed by atoms with van der Waals surface area (Å²) in [5.41, 5.74) is 1.08. The average molecular weight is 191 g/mol. The van der Waals surface area contributed by atoms with E-state index in [2.05, 4.69) is 0 Å². The zero-order chi connectivity index (χ0) is 10.4. The Morgan fingerprint density at radius 2 is 2.07 bits per heavy atom. The quantitative estimate of drug-likeness (QED) is 0.776. The van der Waals surface area contributed by atoms with Gasteiger partial charge in [0.05, 0.1) is 5.92 Å². The van der Waals surface area contributed by atoms with Gasteiger partial charge >= 0.3 is 5.97 Å². The maximum Gasteiger partial charge on any atom is 0.306 e. The van der Waals surface area contributed by atoms with Crippen LogP contribution in [0.1, 0.15) is 18.9 Å². The molecule has 0 aliphatic rings. The molecule has 1 rings (SSSR count). The van der Waals surface area contributed by atoms with Crippen LogP contribution < -0.4 is 0 Å². The van der Waals surface area contributed by atoms with Crippen molar-refractivity contribution in [1.82, 2.24) is 0 Å². The van der Waals surface area contributed by atoms with Crippen LogP contribution in [0.3, 0.4) is 0 Å². The van der Waals surface area contributed by atoms with Crippen LogP contribution in [-0.2, 0) is 11.2 Å². The van der Waals surface area contributed by atoms with Gasteiger partial charge in [-0.3, -0.25) is 4.79 Å². The smallest absolute Gasteiger partial charge is 0.306 e. The second kappa shape index (κ2) is 5.43. The second-order valence-electron chi connectivity index (χ2n) is 3.37. The number of rotatable bonds is 5. The van der Waals surface area contributed by atoms with E-state index in [1.807, 2.05) is 43.7 Å². The molecule has 1 unspecified atom stereocenters. The number of hydrogen-bond donors (Lipinski definition) is 1. The molecule has 0 bridgehead atoms. The molecule has 0 saturated heterocycles. The Morgan fingerprint density at radius 1 is 1.43 bits per heavy atom. The molecule has 2 heteroatoms. The number of carbonyl (C=O) groups is 1. The minimum absolute atomic E-state index is 0.289. The number of aliphatic carboxylic acids is 1. The predicted octanol–water partition coefficient (Wildman–Crippen LogP) is 2.54. The molecule has 0 aromatic heterocycles. The van der Waals surface area contributed by atoms with E-state index in [0.717, 1.165) is 5.56 Å². The summed E-state index contributed by atoms with van der Waals surface area (Å²) in [5, 5.41) is 8.95. The van der Waals surface area contributed by atoms with Crippen molar-refractivity contribution in [2.75, 3.05) is 0 Å². The van der Waals surface area contributed by atoms with Gasteiger partial charge in [-0.1, -0.05) is 37.3 Å². The highest BCUT2D eigenvalue weighted by molar-refractivity contribution is 5.70. The van der Waals surface area contributed by atoms with E-state index in [1.54, 1.807) is 0 Å². The molecular formula is C12H15O2. The summed E-state index contributed by atoms with van der Waals surface area (Å²) < 4.78 is 0. The van der Waals surface area contributed by atoms with Crippen LogP contribution in [0.5, 0.6) is 0 Å². The summed E-state index contributed by atoms with van der Waals surface area (Å²) in [7, 11) is 0. The summed E-state index contributed by atoms with van der Waals surface area (Å²) in [6.07, 6.45) is 3.15. The van der Waals surface area contributed by atoms with Crippen molar-refractivity contribution >= 4 is 5.97 Å². The molecule has 0 aliphatic heterocycles. The molecule has 75 valence electrons. The van der Waals surface area contributed by atoms with Crippen LogP contribution in [0.4, 0.5) is 0 Å². The fourth-order valence-corrected chi connectivity index (χ4v) is 1.45. The molecule has 1 atom stereocenters. The molecule has 1 aromatic rings. The monoisotopic (exact) mass is 191 g/mol. The summed E-state index contributed by atoms with van der Waals surface area (Å²) in [6, 6.07) is 9.73. The number of hydrogen-bond acceptors (Lipinski definition) is 1. The van der Waals surface area contributed by atoms with Crippen LogP contribution in [-0.4, -0.2) is 11.1 Å². The first-order valence-corrected chi connectivity index (χ1v) is 4.78. The van der Waals surface area contributed by atoms with E-state index in [9.17, 15) is 4.79 Å². The molecular weight excluding hydrogens is 176 g/mol. The van der Waals surface area contributed by atoms with E-state index in [4.69, 9.17) is 5.11 Å². The van der Waals surface area contributed by atoms with E-state index < -0.39 is 5.97 Å². The third-order valence-corrected chi connectivity index (χ3v) is 2.19. The van der Waals surface area contributed by atoms with Crippen molar-refractivity contribution in [3.63, 3.8) is 0 Å². The molecule has 0 fully saturated rings. The molecule has 0 spiro atoms. The van der Waals surface area contributed by atoms with Crippen LogP contribution in [0.15, 0.2) is 30.3 Å².